The first-order valence-electron chi connectivity index (χ1n) is 6.59. The van der Waals surface area contributed by atoms with E-state index in [9.17, 15) is 4.79 Å². The molecule has 1 amide bonds. The second-order valence-electron chi connectivity index (χ2n) is 4.87. The van der Waals surface area contributed by atoms with Crippen molar-refractivity contribution < 1.29 is 4.79 Å². The Balaban J connectivity index is 2.14. The zero-order valence-electron chi connectivity index (χ0n) is 12.3. The van der Waals surface area contributed by atoms with Gasteiger partial charge in [-0.15, -0.1) is 5.10 Å². The monoisotopic (exact) mass is 276 g/mol. The number of rotatable bonds is 5. The Morgan fingerprint density at radius 2 is 2.15 bits per heavy atom. The fourth-order valence-corrected chi connectivity index (χ4v) is 1.96. The molecule has 0 aliphatic carbocycles. The number of amides is 1. The minimum absolute atomic E-state index is 0.00512. The Kier molecular flexibility index (Phi) is 4.29. The number of hydrogen-bond acceptors (Lipinski definition) is 5. The molecule has 0 aliphatic heterocycles. The lowest BCUT2D eigenvalue weighted by atomic mass is 10.3. The van der Waals surface area contributed by atoms with E-state index in [4.69, 9.17) is 0 Å². The molecule has 0 bridgehead atoms. The molecular formula is C13H20N6O. The van der Waals surface area contributed by atoms with Crippen LogP contribution in [-0.4, -0.2) is 57.6 Å². The van der Waals surface area contributed by atoms with Crippen LogP contribution in [0.1, 0.15) is 17.2 Å². The standard InChI is InChI=1S/C13H20N6O/c1-9-7-10(2)19-13(15-9)16-11(17-19)8-12(20)18(4)6-5-14-3/h7,14H,5-6,8H2,1-4H3. The highest BCUT2D eigenvalue weighted by molar-refractivity contribution is 5.77. The van der Waals surface area contributed by atoms with Crippen LogP contribution in [0.15, 0.2) is 6.07 Å². The first-order valence-corrected chi connectivity index (χ1v) is 6.59. The maximum atomic E-state index is 12.0. The molecule has 2 aromatic heterocycles. The Morgan fingerprint density at radius 1 is 1.40 bits per heavy atom. The van der Waals surface area contributed by atoms with Gasteiger partial charge in [-0.3, -0.25) is 4.79 Å². The number of nitrogens with one attached hydrogen (secondary N) is 1. The highest BCUT2D eigenvalue weighted by Gasteiger charge is 2.14. The normalized spacial score (nSPS) is 11.0. The maximum Gasteiger partial charge on any atom is 0.252 e. The van der Waals surface area contributed by atoms with Gasteiger partial charge in [0.25, 0.3) is 5.78 Å². The topological polar surface area (TPSA) is 75.4 Å². The van der Waals surface area contributed by atoms with Crippen molar-refractivity contribution in [3.63, 3.8) is 0 Å². The van der Waals surface area contributed by atoms with Crippen LogP contribution >= 0.6 is 0 Å². The van der Waals surface area contributed by atoms with Gasteiger partial charge in [0.15, 0.2) is 5.82 Å². The van der Waals surface area contributed by atoms with Crippen LogP contribution in [0.4, 0.5) is 0 Å². The van der Waals surface area contributed by atoms with E-state index in [2.05, 4.69) is 20.4 Å². The molecule has 0 unspecified atom stereocenters. The lowest BCUT2D eigenvalue weighted by Gasteiger charge is -2.15. The first-order chi connectivity index (χ1) is 9.51. The second-order valence-corrected chi connectivity index (χ2v) is 4.87. The van der Waals surface area contributed by atoms with Gasteiger partial charge in [0.05, 0.1) is 6.42 Å². The SMILES string of the molecule is CNCCN(C)C(=O)Cc1nc2nc(C)cc(C)n2n1. The molecule has 2 heterocycles. The number of hydrogen-bond donors (Lipinski definition) is 1. The Hall–Kier alpha value is -2.02. The number of fused-ring (bicyclic) bond motifs is 1. The number of carbonyl (C=O) groups excluding carboxylic acids is 1. The summed E-state index contributed by atoms with van der Waals surface area (Å²) in [6, 6.07) is 1.94. The van der Waals surface area contributed by atoms with Gasteiger partial charge in [-0.25, -0.2) is 9.50 Å². The first kappa shape index (κ1) is 14.4. The van der Waals surface area contributed by atoms with Crippen LogP contribution in [0.3, 0.4) is 0 Å². The molecule has 0 aromatic carbocycles. The summed E-state index contributed by atoms with van der Waals surface area (Å²) in [5, 5.41) is 7.35. The van der Waals surface area contributed by atoms with E-state index in [0.717, 1.165) is 17.9 Å². The molecule has 2 aromatic rings. The number of carbonyl (C=O) groups is 1. The third-order valence-electron chi connectivity index (χ3n) is 3.09. The van der Waals surface area contributed by atoms with Crippen LogP contribution in [0.2, 0.25) is 0 Å². The highest BCUT2D eigenvalue weighted by atomic mass is 16.2. The summed E-state index contributed by atoms with van der Waals surface area (Å²) in [6.07, 6.45) is 0.196. The van der Waals surface area contributed by atoms with Crippen LogP contribution in [0.25, 0.3) is 5.78 Å². The van der Waals surface area contributed by atoms with Crippen LogP contribution < -0.4 is 5.32 Å². The van der Waals surface area contributed by atoms with Gasteiger partial charge in [-0.2, -0.15) is 4.98 Å². The highest BCUT2D eigenvalue weighted by Crippen LogP contribution is 2.06. The lowest BCUT2D eigenvalue weighted by molar-refractivity contribution is -0.129. The molecule has 1 N–H and O–H groups in total. The Bertz CT molecular complexity index is 621. The molecular weight excluding hydrogens is 256 g/mol. The minimum atomic E-state index is 0.00512. The predicted molar refractivity (Wildman–Crippen MR) is 75.5 cm³/mol. The third-order valence-corrected chi connectivity index (χ3v) is 3.09. The molecule has 7 nitrogen and oxygen atoms in total. The van der Waals surface area contributed by atoms with E-state index in [1.807, 2.05) is 27.0 Å². The van der Waals surface area contributed by atoms with Gasteiger partial charge in [0, 0.05) is 31.5 Å². The summed E-state index contributed by atoms with van der Waals surface area (Å²) < 4.78 is 1.67. The van der Waals surface area contributed by atoms with E-state index in [-0.39, 0.29) is 12.3 Å². The van der Waals surface area contributed by atoms with E-state index in [0.29, 0.717) is 18.1 Å². The fraction of sp³-hybridized carbons (Fsp3) is 0.538. The van der Waals surface area contributed by atoms with Crippen molar-refractivity contribution in [3.8, 4) is 0 Å². The van der Waals surface area contributed by atoms with E-state index < -0.39 is 0 Å². The second kappa shape index (κ2) is 5.96. The minimum Gasteiger partial charge on any atom is -0.344 e. The Labute approximate surface area is 118 Å². The van der Waals surface area contributed by atoms with Crippen molar-refractivity contribution in [2.24, 2.45) is 0 Å². The van der Waals surface area contributed by atoms with Crippen LogP contribution in [0, 0.1) is 13.8 Å². The molecule has 0 aliphatic rings. The summed E-state index contributed by atoms with van der Waals surface area (Å²) in [5.41, 5.74) is 1.86. The number of nitrogens with zero attached hydrogens (tertiary/aromatic N) is 5. The fourth-order valence-electron chi connectivity index (χ4n) is 1.96. The van der Waals surface area contributed by atoms with Gasteiger partial charge in [-0.1, -0.05) is 0 Å². The third kappa shape index (κ3) is 3.11. The summed E-state index contributed by atoms with van der Waals surface area (Å²) in [4.78, 5) is 22.3. The molecule has 7 heteroatoms. The van der Waals surface area contributed by atoms with Crippen LogP contribution in [0.5, 0.6) is 0 Å². The number of likely N-dealkylation sites (N-methyl/N-ethyl adjacent to an activating group) is 2. The average Bonchev–Trinajstić information content (AvgIpc) is 2.78. The van der Waals surface area contributed by atoms with Gasteiger partial charge in [0.2, 0.25) is 5.91 Å². The molecule has 0 atom stereocenters. The molecule has 0 fully saturated rings. The molecule has 20 heavy (non-hydrogen) atoms. The zero-order valence-corrected chi connectivity index (χ0v) is 12.3. The van der Waals surface area contributed by atoms with Crippen molar-refractivity contribution in [3.05, 3.63) is 23.3 Å². The van der Waals surface area contributed by atoms with Gasteiger partial charge >= 0.3 is 0 Å². The van der Waals surface area contributed by atoms with Crippen molar-refractivity contribution in [1.82, 2.24) is 29.8 Å². The van der Waals surface area contributed by atoms with Gasteiger partial charge in [-0.05, 0) is 27.0 Å². The van der Waals surface area contributed by atoms with Gasteiger partial charge < -0.3 is 10.2 Å². The number of aryl methyl sites for hydroxylation is 2. The van der Waals surface area contributed by atoms with E-state index in [1.54, 1.807) is 16.5 Å². The summed E-state index contributed by atoms with van der Waals surface area (Å²) >= 11 is 0. The summed E-state index contributed by atoms with van der Waals surface area (Å²) in [5.74, 6) is 1.06. The van der Waals surface area contributed by atoms with Crippen molar-refractivity contribution >= 4 is 11.7 Å². The molecule has 0 saturated heterocycles. The van der Waals surface area contributed by atoms with E-state index >= 15 is 0 Å². The molecule has 108 valence electrons. The molecule has 0 spiro atoms. The Morgan fingerprint density at radius 3 is 2.85 bits per heavy atom. The smallest absolute Gasteiger partial charge is 0.252 e. The summed E-state index contributed by atoms with van der Waals surface area (Å²) in [6.45, 7) is 5.29. The largest absolute Gasteiger partial charge is 0.344 e. The van der Waals surface area contributed by atoms with Crippen LogP contribution in [-0.2, 0) is 11.2 Å². The van der Waals surface area contributed by atoms with Crippen molar-refractivity contribution in [2.75, 3.05) is 27.2 Å². The number of aromatic nitrogens is 4. The quantitative estimate of drug-likeness (QED) is 0.829. The zero-order chi connectivity index (χ0) is 14.7. The molecule has 2 rings (SSSR count). The average molecular weight is 276 g/mol. The van der Waals surface area contributed by atoms with Crippen molar-refractivity contribution in [1.29, 1.82) is 0 Å². The lowest BCUT2D eigenvalue weighted by Crippen LogP contribution is -2.34. The summed E-state index contributed by atoms with van der Waals surface area (Å²) in [7, 11) is 3.64. The maximum absolute atomic E-state index is 12.0. The molecule has 0 saturated carbocycles. The van der Waals surface area contributed by atoms with Crippen molar-refractivity contribution in [2.45, 2.75) is 20.3 Å². The predicted octanol–water partition coefficient (Wildman–Crippen LogP) is -0.0386. The van der Waals surface area contributed by atoms with Gasteiger partial charge in [0.1, 0.15) is 0 Å². The molecule has 0 radical (unpaired) electrons. The van der Waals surface area contributed by atoms with E-state index in [1.165, 1.54) is 0 Å².